The number of carbonyl (C=O) groups is 1. The van der Waals surface area contributed by atoms with Crippen molar-refractivity contribution in [1.29, 1.82) is 0 Å². The predicted octanol–water partition coefficient (Wildman–Crippen LogP) is 0.641. The number of nitrogens with one attached hydrogen (secondary N) is 1. The monoisotopic (exact) mass is 327 g/mol. The Morgan fingerprint density at radius 1 is 1.48 bits per heavy atom. The summed E-state index contributed by atoms with van der Waals surface area (Å²) in [4.78, 5) is 12.5. The maximum atomic E-state index is 12.5. The molecule has 1 amide bonds. The number of alkyl halides is 2. The van der Waals surface area contributed by atoms with Crippen LogP contribution in [-0.4, -0.2) is 59.1 Å². The van der Waals surface area contributed by atoms with Gasteiger partial charge in [0.1, 0.15) is 12.3 Å². The summed E-state index contributed by atoms with van der Waals surface area (Å²) >= 11 is 0. The van der Waals surface area contributed by atoms with E-state index in [-0.39, 0.29) is 19.1 Å². The van der Waals surface area contributed by atoms with Gasteiger partial charge in [-0.15, -0.1) is 0 Å². The second-order valence-corrected chi connectivity index (χ2v) is 5.82. The Hall–Kier alpha value is -1.87. The van der Waals surface area contributed by atoms with E-state index in [9.17, 15) is 13.6 Å². The van der Waals surface area contributed by atoms with E-state index in [1.54, 1.807) is 11.7 Å². The summed E-state index contributed by atoms with van der Waals surface area (Å²) in [6, 6.07) is 0.303. The number of hydrogen-bond donors (Lipinski definition) is 1. The molecule has 0 radical (unpaired) electrons. The number of nitrogens with zero attached hydrogens (tertiary/aromatic N) is 4. The van der Waals surface area contributed by atoms with Crippen LogP contribution in [0.15, 0.2) is 5.10 Å². The highest BCUT2D eigenvalue weighted by molar-refractivity contribution is 5.98. The molecule has 1 aromatic heterocycles. The normalized spacial score (nSPS) is 21.1. The zero-order valence-corrected chi connectivity index (χ0v) is 13.1. The fourth-order valence-corrected chi connectivity index (χ4v) is 2.85. The molecule has 126 valence electrons. The van der Waals surface area contributed by atoms with Crippen LogP contribution in [0.1, 0.15) is 28.7 Å². The Labute approximate surface area is 132 Å². The van der Waals surface area contributed by atoms with Gasteiger partial charge in [0.2, 0.25) is 0 Å². The minimum absolute atomic E-state index is 0.0550. The topological polar surface area (TPSA) is 71.8 Å². The molecule has 1 N–H and O–H groups in total. The highest BCUT2D eigenvalue weighted by atomic mass is 19.3. The van der Waals surface area contributed by atoms with Gasteiger partial charge in [0.15, 0.2) is 0 Å². The van der Waals surface area contributed by atoms with Gasteiger partial charge in [-0.05, 0) is 6.92 Å². The lowest BCUT2D eigenvalue weighted by Gasteiger charge is -2.20. The molecule has 0 saturated carbocycles. The fraction of sp³-hybridized carbons (Fsp3) is 0.643. The first-order valence-corrected chi connectivity index (χ1v) is 7.48. The van der Waals surface area contributed by atoms with Crippen molar-refractivity contribution < 1.29 is 18.3 Å². The summed E-state index contributed by atoms with van der Waals surface area (Å²) in [5.74, 6) is -0.251. The molecule has 0 saturated heterocycles. The number of aromatic nitrogens is 2. The minimum Gasteiger partial charge on any atom is -0.369 e. The van der Waals surface area contributed by atoms with Gasteiger partial charge in [0.25, 0.3) is 12.3 Å². The van der Waals surface area contributed by atoms with Crippen LogP contribution < -0.4 is 5.32 Å². The molecule has 7 nitrogen and oxygen atoms in total. The first-order valence-electron chi connectivity index (χ1n) is 7.48. The van der Waals surface area contributed by atoms with Crippen molar-refractivity contribution in [3.63, 3.8) is 0 Å². The summed E-state index contributed by atoms with van der Waals surface area (Å²) in [6.45, 7) is 2.20. The molecule has 3 rings (SSSR count). The average molecular weight is 327 g/mol. The number of fused-ring (bicyclic) bond motifs is 3. The summed E-state index contributed by atoms with van der Waals surface area (Å²) in [5, 5.41) is 13.2. The van der Waals surface area contributed by atoms with Gasteiger partial charge in [0.05, 0.1) is 24.6 Å². The number of hydrazone groups is 1. The van der Waals surface area contributed by atoms with Crippen LogP contribution in [0.2, 0.25) is 0 Å². The molecule has 23 heavy (non-hydrogen) atoms. The number of amides is 1. The van der Waals surface area contributed by atoms with Crippen molar-refractivity contribution >= 4 is 11.6 Å². The first-order chi connectivity index (χ1) is 11.0. The summed E-state index contributed by atoms with van der Waals surface area (Å²) < 4.78 is 30.9. The molecular weight excluding hydrogens is 308 g/mol. The maximum absolute atomic E-state index is 12.5. The summed E-state index contributed by atoms with van der Waals surface area (Å²) in [5.41, 5.74) is 2.79. The third-order valence-corrected chi connectivity index (χ3v) is 3.89. The highest BCUT2D eigenvalue weighted by Crippen LogP contribution is 2.23. The Bertz CT molecular complexity index is 643. The van der Waals surface area contributed by atoms with Crippen molar-refractivity contribution in [3.05, 3.63) is 17.0 Å². The van der Waals surface area contributed by atoms with Crippen molar-refractivity contribution in [2.24, 2.45) is 5.10 Å². The summed E-state index contributed by atoms with van der Waals surface area (Å²) in [6.07, 6.45) is -1.78. The van der Waals surface area contributed by atoms with E-state index < -0.39 is 13.0 Å². The molecule has 3 heterocycles. The van der Waals surface area contributed by atoms with Crippen molar-refractivity contribution in [2.45, 2.75) is 38.9 Å². The van der Waals surface area contributed by atoms with Crippen molar-refractivity contribution in [2.75, 3.05) is 20.3 Å². The SMILES string of the molecule is C[C@@H]1Cc2nn3c(c2CN1)C(=O)N(C)N=C(COCC(F)F)C3. The van der Waals surface area contributed by atoms with Crippen LogP contribution in [0.4, 0.5) is 8.78 Å². The van der Waals surface area contributed by atoms with Gasteiger partial charge in [-0.1, -0.05) is 0 Å². The van der Waals surface area contributed by atoms with E-state index in [0.717, 1.165) is 17.7 Å². The smallest absolute Gasteiger partial charge is 0.292 e. The lowest BCUT2D eigenvalue weighted by molar-refractivity contribution is 0.0316. The number of hydrogen-bond acceptors (Lipinski definition) is 5. The molecule has 2 aliphatic heterocycles. The third-order valence-electron chi connectivity index (χ3n) is 3.89. The molecular formula is C14H19F2N5O2. The van der Waals surface area contributed by atoms with Crippen LogP contribution in [0.5, 0.6) is 0 Å². The van der Waals surface area contributed by atoms with Crippen molar-refractivity contribution in [1.82, 2.24) is 20.1 Å². The summed E-state index contributed by atoms with van der Waals surface area (Å²) in [7, 11) is 1.55. The second-order valence-electron chi connectivity index (χ2n) is 5.82. The van der Waals surface area contributed by atoms with E-state index in [2.05, 4.69) is 22.4 Å². The predicted molar refractivity (Wildman–Crippen MR) is 78.6 cm³/mol. The molecule has 0 fully saturated rings. The minimum atomic E-state index is -2.53. The standard InChI is InChI=1S/C14H19F2N5O2/c1-8-3-11-10(4-17-8)13-14(22)20(2)18-9(5-21(13)19-11)6-23-7-12(15)16/h8,12,17H,3-7H2,1-2H3/t8-/m1/s1. The molecule has 0 unspecified atom stereocenters. The van der Waals surface area contributed by atoms with E-state index >= 15 is 0 Å². The zero-order chi connectivity index (χ0) is 16.6. The third kappa shape index (κ3) is 3.25. The fourth-order valence-electron chi connectivity index (χ4n) is 2.85. The van der Waals surface area contributed by atoms with E-state index in [0.29, 0.717) is 24.0 Å². The van der Waals surface area contributed by atoms with Gasteiger partial charge in [-0.2, -0.15) is 10.2 Å². The number of carbonyl (C=O) groups excluding carboxylic acids is 1. The Balaban J connectivity index is 1.85. The quantitative estimate of drug-likeness (QED) is 0.881. The molecule has 1 atom stereocenters. The Morgan fingerprint density at radius 2 is 2.26 bits per heavy atom. The Kier molecular flexibility index (Phi) is 4.40. The van der Waals surface area contributed by atoms with Gasteiger partial charge < -0.3 is 10.1 Å². The maximum Gasteiger partial charge on any atom is 0.292 e. The average Bonchev–Trinajstić information content (AvgIpc) is 2.77. The van der Waals surface area contributed by atoms with Crippen LogP contribution in [-0.2, 0) is 24.2 Å². The van der Waals surface area contributed by atoms with Gasteiger partial charge in [-0.3, -0.25) is 9.48 Å². The molecule has 0 aliphatic carbocycles. The van der Waals surface area contributed by atoms with Crippen LogP contribution >= 0.6 is 0 Å². The zero-order valence-electron chi connectivity index (χ0n) is 13.1. The number of halogens is 2. The largest absolute Gasteiger partial charge is 0.369 e. The molecule has 0 spiro atoms. The Morgan fingerprint density at radius 3 is 3.00 bits per heavy atom. The lowest BCUT2D eigenvalue weighted by Crippen LogP contribution is -2.34. The van der Waals surface area contributed by atoms with Gasteiger partial charge >= 0.3 is 0 Å². The van der Waals surface area contributed by atoms with Gasteiger partial charge in [-0.25, -0.2) is 13.8 Å². The van der Waals surface area contributed by atoms with E-state index in [1.807, 2.05) is 0 Å². The van der Waals surface area contributed by atoms with Crippen LogP contribution in [0, 0.1) is 0 Å². The number of rotatable bonds is 4. The molecule has 9 heteroatoms. The van der Waals surface area contributed by atoms with E-state index in [4.69, 9.17) is 4.74 Å². The van der Waals surface area contributed by atoms with Crippen molar-refractivity contribution in [3.8, 4) is 0 Å². The van der Waals surface area contributed by atoms with E-state index in [1.165, 1.54) is 5.01 Å². The highest BCUT2D eigenvalue weighted by Gasteiger charge is 2.31. The lowest BCUT2D eigenvalue weighted by atomic mass is 10.0. The molecule has 0 aromatic carbocycles. The van der Waals surface area contributed by atoms with Crippen LogP contribution in [0.25, 0.3) is 0 Å². The first kappa shape index (κ1) is 16.0. The van der Waals surface area contributed by atoms with Crippen LogP contribution in [0.3, 0.4) is 0 Å². The molecule has 2 aliphatic rings. The second kappa shape index (κ2) is 6.32. The molecule has 1 aromatic rings. The van der Waals surface area contributed by atoms with Gasteiger partial charge in [0, 0.05) is 31.6 Å². The number of ether oxygens (including phenoxy) is 1. The molecule has 0 bridgehead atoms.